The van der Waals surface area contributed by atoms with Crippen molar-refractivity contribution in [1.29, 1.82) is 0 Å². The molecule has 0 aromatic rings. The quantitative estimate of drug-likeness (QED) is 0.625. The Bertz CT molecular complexity index is 155. The van der Waals surface area contributed by atoms with Crippen LogP contribution in [0, 0.1) is 5.92 Å². The summed E-state index contributed by atoms with van der Waals surface area (Å²) >= 11 is 0. The van der Waals surface area contributed by atoms with Crippen LogP contribution in [0.25, 0.3) is 0 Å². The van der Waals surface area contributed by atoms with E-state index < -0.39 is 5.60 Å². The Kier molecular flexibility index (Phi) is 2.33. The van der Waals surface area contributed by atoms with E-state index in [0.29, 0.717) is 18.8 Å². The van der Waals surface area contributed by atoms with Crippen molar-refractivity contribution in [2.45, 2.75) is 45.1 Å². The minimum Gasteiger partial charge on any atom is -0.382 e. The first-order chi connectivity index (χ1) is 5.04. The number of carbonyl (C=O) groups is 1. The molecule has 0 bridgehead atoms. The van der Waals surface area contributed by atoms with Crippen LogP contribution in [0.2, 0.25) is 0 Å². The normalized spacial score (nSPS) is 38.6. The molecule has 1 aliphatic rings. The van der Waals surface area contributed by atoms with Gasteiger partial charge in [0.25, 0.3) is 0 Å². The van der Waals surface area contributed by atoms with Crippen molar-refractivity contribution in [1.82, 2.24) is 0 Å². The molecular weight excluding hydrogens is 140 g/mol. The molecule has 1 saturated carbocycles. The Hall–Kier alpha value is -0.370. The fourth-order valence-corrected chi connectivity index (χ4v) is 1.59. The van der Waals surface area contributed by atoms with Crippen LogP contribution < -0.4 is 0 Å². The van der Waals surface area contributed by atoms with Crippen molar-refractivity contribution in [3.8, 4) is 0 Å². The first-order valence-electron chi connectivity index (χ1n) is 4.28. The molecule has 64 valence electrons. The van der Waals surface area contributed by atoms with Crippen LogP contribution in [0.1, 0.15) is 39.5 Å². The van der Waals surface area contributed by atoms with Crippen LogP contribution in [-0.2, 0) is 4.79 Å². The van der Waals surface area contributed by atoms with Gasteiger partial charge in [0.15, 0.2) is 5.78 Å². The Morgan fingerprint density at radius 1 is 1.45 bits per heavy atom. The number of Topliss-reactive ketones (excluding diaryl/α,β-unsaturated/α-hetero) is 1. The maximum absolute atomic E-state index is 11.0. The van der Waals surface area contributed by atoms with Gasteiger partial charge >= 0.3 is 0 Å². The molecule has 0 aromatic carbocycles. The highest BCUT2D eigenvalue weighted by atomic mass is 16.3. The number of ketones is 1. The van der Waals surface area contributed by atoms with Crippen LogP contribution in [0.3, 0.4) is 0 Å². The van der Waals surface area contributed by atoms with Gasteiger partial charge in [0.05, 0.1) is 0 Å². The van der Waals surface area contributed by atoms with E-state index in [4.69, 9.17) is 0 Å². The molecule has 0 spiro atoms. The zero-order chi connectivity index (χ0) is 8.48. The van der Waals surface area contributed by atoms with Crippen LogP contribution >= 0.6 is 0 Å². The van der Waals surface area contributed by atoms with E-state index in [1.165, 1.54) is 6.92 Å². The van der Waals surface area contributed by atoms with Gasteiger partial charge < -0.3 is 5.11 Å². The van der Waals surface area contributed by atoms with Crippen molar-refractivity contribution in [3.05, 3.63) is 0 Å². The number of aliphatic hydroxyl groups is 1. The molecule has 0 aliphatic heterocycles. The van der Waals surface area contributed by atoms with Gasteiger partial charge in [-0.3, -0.25) is 4.79 Å². The highest BCUT2D eigenvalue weighted by Crippen LogP contribution is 2.32. The number of hydrogen-bond acceptors (Lipinski definition) is 2. The third-order valence-electron chi connectivity index (χ3n) is 2.76. The fourth-order valence-electron chi connectivity index (χ4n) is 1.59. The summed E-state index contributed by atoms with van der Waals surface area (Å²) < 4.78 is 0. The Balaban J connectivity index is 2.55. The molecule has 1 rings (SSSR count). The van der Waals surface area contributed by atoms with Crippen molar-refractivity contribution in [2.24, 2.45) is 5.92 Å². The lowest BCUT2D eigenvalue weighted by Crippen LogP contribution is -2.40. The lowest BCUT2D eigenvalue weighted by atomic mass is 9.78. The summed E-state index contributed by atoms with van der Waals surface area (Å²) in [5, 5.41) is 9.72. The maximum atomic E-state index is 11.0. The standard InChI is InChI=1S/C9H16O2/c1-7-3-5-9(11,6-4-7)8(2)10/h7,11H,3-6H2,1-2H3. The molecule has 0 unspecified atom stereocenters. The molecule has 0 amide bonds. The third kappa shape index (κ3) is 1.80. The van der Waals surface area contributed by atoms with Crippen molar-refractivity contribution in [2.75, 3.05) is 0 Å². The number of rotatable bonds is 1. The molecule has 0 radical (unpaired) electrons. The summed E-state index contributed by atoms with van der Waals surface area (Å²) in [6, 6.07) is 0. The Morgan fingerprint density at radius 2 is 1.91 bits per heavy atom. The van der Waals surface area contributed by atoms with Crippen LogP contribution in [0.5, 0.6) is 0 Å². The summed E-state index contributed by atoms with van der Waals surface area (Å²) in [5.41, 5.74) is -0.980. The molecule has 0 saturated heterocycles. The summed E-state index contributed by atoms with van der Waals surface area (Å²) in [4.78, 5) is 11.0. The van der Waals surface area contributed by atoms with E-state index in [9.17, 15) is 9.90 Å². The van der Waals surface area contributed by atoms with Crippen LogP contribution in [0.15, 0.2) is 0 Å². The second kappa shape index (κ2) is 2.94. The summed E-state index contributed by atoms with van der Waals surface area (Å²) in [7, 11) is 0. The molecule has 1 N–H and O–H groups in total. The van der Waals surface area contributed by atoms with Crippen LogP contribution in [-0.4, -0.2) is 16.5 Å². The van der Waals surface area contributed by atoms with Crippen molar-refractivity contribution >= 4 is 5.78 Å². The average Bonchev–Trinajstić information content (AvgIpc) is 1.95. The zero-order valence-corrected chi connectivity index (χ0v) is 7.26. The molecule has 1 fully saturated rings. The number of carbonyl (C=O) groups excluding carboxylic acids is 1. The van der Waals surface area contributed by atoms with Crippen molar-refractivity contribution < 1.29 is 9.90 Å². The molecule has 2 heteroatoms. The van der Waals surface area contributed by atoms with Crippen molar-refractivity contribution in [3.63, 3.8) is 0 Å². The topological polar surface area (TPSA) is 37.3 Å². The highest BCUT2D eigenvalue weighted by Gasteiger charge is 2.35. The van der Waals surface area contributed by atoms with Gasteiger partial charge in [-0.2, -0.15) is 0 Å². The predicted molar refractivity (Wildman–Crippen MR) is 43.3 cm³/mol. The van der Waals surface area contributed by atoms with Crippen LogP contribution in [0.4, 0.5) is 0 Å². The smallest absolute Gasteiger partial charge is 0.161 e. The molecule has 11 heavy (non-hydrogen) atoms. The van der Waals surface area contributed by atoms with Gasteiger partial charge in [-0.05, 0) is 38.5 Å². The third-order valence-corrected chi connectivity index (χ3v) is 2.76. The summed E-state index contributed by atoms with van der Waals surface area (Å²) in [6.07, 6.45) is 3.28. The minimum atomic E-state index is -0.980. The maximum Gasteiger partial charge on any atom is 0.161 e. The van der Waals surface area contributed by atoms with E-state index in [0.717, 1.165) is 12.8 Å². The first-order valence-corrected chi connectivity index (χ1v) is 4.28. The minimum absolute atomic E-state index is 0.0654. The fraction of sp³-hybridized carbons (Fsp3) is 0.889. The molecule has 0 aromatic heterocycles. The van der Waals surface area contributed by atoms with Gasteiger partial charge in [-0.15, -0.1) is 0 Å². The molecule has 2 nitrogen and oxygen atoms in total. The predicted octanol–water partition coefficient (Wildman–Crippen LogP) is 1.52. The largest absolute Gasteiger partial charge is 0.382 e. The molecular formula is C9H16O2. The van der Waals surface area contributed by atoms with Gasteiger partial charge in [-0.25, -0.2) is 0 Å². The highest BCUT2D eigenvalue weighted by molar-refractivity contribution is 5.84. The van der Waals surface area contributed by atoms with E-state index in [1.54, 1.807) is 0 Å². The molecule has 1 aliphatic carbocycles. The second-order valence-corrected chi connectivity index (χ2v) is 3.77. The Morgan fingerprint density at radius 3 is 2.27 bits per heavy atom. The SMILES string of the molecule is CC(=O)C1(O)CCC(C)CC1. The second-order valence-electron chi connectivity index (χ2n) is 3.77. The van der Waals surface area contributed by atoms with E-state index in [-0.39, 0.29) is 5.78 Å². The Labute approximate surface area is 67.6 Å². The van der Waals surface area contributed by atoms with E-state index in [2.05, 4.69) is 6.92 Å². The summed E-state index contributed by atoms with van der Waals surface area (Å²) in [6.45, 7) is 3.65. The summed E-state index contributed by atoms with van der Waals surface area (Å²) in [5.74, 6) is 0.610. The van der Waals surface area contributed by atoms with Gasteiger partial charge in [0.1, 0.15) is 5.60 Å². The average molecular weight is 156 g/mol. The lowest BCUT2D eigenvalue weighted by molar-refractivity contribution is -0.139. The lowest BCUT2D eigenvalue weighted by Gasteiger charge is -2.32. The van der Waals surface area contributed by atoms with E-state index in [1.807, 2.05) is 0 Å². The first kappa shape index (κ1) is 8.72. The zero-order valence-electron chi connectivity index (χ0n) is 7.26. The van der Waals surface area contributed by atoms with Gasteiger partial charge in [0, 0.05) is 0 Å². The van der Waals surface area contributed by atoms with Gasteiger partial charge in [-0.1, -0.05) is 6.92 Å². The molecule has 0 heterocycles. The molecule has 0 atom stereocenters. The monoisotopic (exact) mass is 156 g/mol. The van der Waals surface area contributed by atoms with E-state index >= 15 is 0 Å². The number of hydrogen-bond donors (Lipinski definition) is 1. The van der Waals surface area contributed by atoms with Gasteiger partial charge in [0.2, 0.25) is 0 Å².